The number of hydrogen-bond donors (Lipinski definition) is 2. The number of aromatic hydroxyl groups is 2. The van der Waals surface area contributed by atoms with Crippen LogP contribution in [0.5, 0.6) is 11.8 Å². The lowest BCUT2D eigenvalue weighted by Gasteiger charge is -2.11. The second-order valence-electron chi connectivity index (χ2n) is 1.88. The van der Waals surface area contributed by atoms with Crippen LogP contribution in [-0.4, -0.2) is 17.3 Å². The molecule has 68 valence electrons. The minimum absolute atomic E-state index is 0.177. The molecule has 0 aliphatic heterocycles. The molecule has 0 aliphatic carbocycles. The molecular weight excluding hydrogens is 244 g/mol. The summed E-state index contributed by atoms with van der Waals surface area (Å²) in [6, 6.07) is 2.58. The van der Waals surface area contributed by atoms with Gasteiger partial charge in [-0.05, 0) is 0 Å². The summed E-state index contributed by atoms with van der Waals surface area (Å²) in [6.07, 6.45) is 0. The first-order valence-electron chi connectivity index (χ1n) is 2.76. The van der Waals surface area contributed by atoms with Crippen LogP contribution in [0.15, 0.2) is 12.1 Å². The Balaban J connectivity index is 2.88. The van der Waals surface area contributed by atoms with Crippen molar-refractivity contribution in [1.29, 1.82) is 0 Å². The van der Waals surface area contributed by atoms with E-state index in [2.05, 4.69) is 0 Å². The molecule has 0 saturated carbocycles. The fourth-order valence-corrected chi connectivity index (χ4v) is 1.74. The Morgan fingerprint density at radius 2 is 1.58 bits per heavy atom. The Bertz CT molecular complexity index is 263. The van der Waals surface area contributed by atoms with E-state index in [9.17, 15) is 0 Å². The summed E-state index contributed by atoms with van der Waals surface area (Å²) in [5.74, 6) is -0.354. The zero-order valence-corrected chi connectivity index (χ0v) is 8.62. The monoisotopic (exact) mass is 247 g/mol. The molecule has 0 spiro atoms. The number of aromatic nitrogens is 1. The van der Waals surface area contributed by atoms with Gasteiger partial charge in [0.05, 0.1) is 0 Å². The van der Waals surface area contributed by atoms with Gasteiger partial charge in [0.2, 0.25) is 11.8 Å². The van der Waals surface area contributed by atoms with Crippen LogP contribution in [0.2, 0.25) is 0 Å². The van der Waals surface area contributed by atoms with Crippen LogP contribution in [0, 0.1) is 0 Å². The lowest BCUT2D eigenvalue weighted by molar-refractivity contribution is 0.416. The van der Waals surface area contributed by atoms with Crippen molar-refractivity contribution in [3.8, 4) is 11.8 Å². The lowest BCUT2D eigenvalue weighted by atomic mass is 10.6. The Hall–Kier alpha value is 0.1000. The maximum atomic E-state index is 9.10. The van der Waals surface area contributed by atoms with E-state index >= 15 is 0 Å². The Kier molecular flexibility index (Phi) is 2.93. The van der Waals surface area contributed by atoms with Gasteiger partial charge in [-0.1, -0.05) is 34.8 Å². The third-order valence-electron chi connectivity index (χ3n) is 0.992. The second-order valence-corrected chi connectivity index (χ2v) is 5.99. The fourth-order valence-electron chi connectivity index (χ4n) is 0.599. The van der Waals surface area contributed by atoms with Crippen molar-refractivity contribution in [1.82, 2.24) is 3.97 Å². The quantitative estimate of drug-likeness (QED) is 0.751. The second kappa shape index (κ2) is 3.46. The largest absolute Gasteiger partial charge is 0.494 e. The minimum atomic E-state index is -1.62. The first-order valence-corrected chi connectivity index (χ1v) is 4.67. The van der Waals surface area contributed by atoms with Gasteiger partial charge in [0.25, 0.3) is 3.12 Å². The number of hydrogen-bond acceptors (Lipinski definition) is 3. The molecule has 3 nitrogen and oxygen atoms in total. The van der Waals surface area contributed by atoms with E-state index in [-0.39, 0.29) is 11.8 Å². The number of halogens is 3. The molecule has 7 heteroatoms. The van der Waals surface area contributed by atoms with Crippen LogP contribution in [-0.2, 0) is 0 Å². The van der Waals surface area contributed by atoms with Gasteiger partial charge >= 0.3 is 0 Å². The number of alkyl halides is 3. The predicted octanol–water partition coefficient (Wildman–Crippen LogP) is 2.72. The van der Waals surface area contributed by atoms with Crippen molar-refractivity contribution in [2.45, 2.75) is 3.12 Å². The van der Waals surface area contributed by atoms with Crippen molar-refractivity contribution in [2.75, 3.05) is 0 Å². The highest BCUT2D eigenvalue weighted by Crippen LogP contribution is 2.43. The van der Waals surface area contributed by atoms with Crippen LogP contribution < -0.4 is 0 Å². The van der Waals surface area contributed by atoms with Crippen LogP contribution in [0.1, 0.15) is 0 Å². The smallest absolute Gasteiger partial charge is 0.256 e. The summed E-state index contributed by atoms with van der Waals surface area (Å²) in [5.41, 5.74) is 0. The highest BCUT2D eigenvalue weighted by Gasteiger charge is 2.24. The van der Waals surface area contributed by atoms with Crippen molar-refractivity contribution in [3.63, 3.8) is 0 Å². The summed E-state index contributed by atoms with van der Waals surface area (Å²) in [6.45, 7) is 0. The molecule has 1 aromatic rings. The third kappa shape index (κ3) is 2.55. The lowest BCUT2D eigenvalue weighted by Crippen LogP contribution is -1.99. The molecule has 0 bridgehead atoms. The average Bonchev–Trinajstić information content (AvgIpc) is 2.16. The van der Waals surface area contributed by atoms with Crippen LogP contribution >= 0.6 is 46.8 Å². The molecule has 2 N–H and O–H groups in total. The normalized spacial score (nSPS) is 11.9. The highest BCUT2D eigenvalue weighted by molar-refractivity contribution is 8.03. The Morgan fingerprint density at radius 1 is 1.17 bits per heavy atom. The van der Waals surface area contributed by atoms with Gasteiger partial charge in [-0.2, -0.15) is 0 Å². The highest BCUT2D eigenvalue weighted by atomic mass is 35.6. The number of nitrogens with zero attached hydrogens (tertiary/aromatic N) is 1. The Labute approximate surface area is 88.0 Å². The van der Waals surface area contributed by atoms with Crippen molar-refractivity contribution >= 4 is 46.8 Å². The molecule has 1 heterocycles. The van der Waals surface area contributed by atoms with Gasteiger partial charge in [0.1, 0.15) is 0 Å². The number of rotatable bonds is 1. The predicted molar refractivity (Wildman–Crippen MR) is 51.0 cm³/mol. The standard InChI is InChI=1S/C5H4Cl3NO2S/c6-5(7,8)12-9-3(10)1-2-4(9)11/h1-2,10-11H. The topological polar surface area (TPSA) is 45.4 Å². The average molecular weight is 249 g/mol. The van der Waals surface area contributed by atoms with Crippen molar-refractivity contribution in [2.24, 2.45) is 0 Å². The van der Waals surface area contributed by atoms with E-state index in [4.69, 9.17) is 45.0 Å². The third-order valence-corrected chi connectivity index (χ3v) is 2.38. The molecule has 1 aromatic heterocycles. The van der Waals surface area contributed by atoms with E-state index in [1.165, 1.54) is 12.1 Å². The SMILES string of the molecule is Oc1ccc(O)n1SC(Cl)(Cl)Cl. The first kappa shape index (κ1) is 10.2. The van der Waals surface area contributed by atoms with Gasteiger partial charge in [-0.3, -0.25) is 0 Å². The maximum absolute atomic E-state index is 9.10. The fraction of sp³-hybridized carbons (Fsp3) is 0.200. The molecule has 0 radical (unpaired) electrons. The summed E-state index contributed by atoms with van der Waals surface area (Å²) in [7, 11) is 0. The molecule has 0 fully saturated rings. The van der Waals surface area contributed by atoms with Gasteiger partial charge in [0.15, 0.2) is 0 Å². The van der Waals surface area contributed by atoms with Crippen molar-refractivity contribution < 1.29 is 10.2 Å². The van der Waals surface area contributed by atoms with E-state index in [0.29, 0.717) is 11.9 Å². The van der Waals surface area contributed by atoms with Crippen LogP contribution in [0.25, 0.3) is 0 Å². The molecule has 0 aliphatic rings. The molecule has 12 heavy (non-hydrogen) atoms. The van der Waals surface area contributed by atoms with Gasteiger partial charge in [-0.15, -0.1) is 0 Å². The summed E-state index contributed by atoms with van der Waals surface area (Å²) in [4.78, 5) is 0. The molecular formula is C5H4Cl3NO2S. The van der Waals surface area contributed by atoms with E-state index < -0.39 is 3.12 Å². The summed E-state index contributed by atoms with van der Waals surface area (Å²) in [5, 5.41) is 18.2. The molecule has 0 saturated heterocycles. The summed E-state index contributed by atoms with van der Waals surface area (Å²) >= 11 is 16.9. The van der Waals surface area contributed by atoms with E-state index in [1.807, 2.05) is 0 Å². The van der Waals surface area contributed by atoms with Gasteiger partial charge < -0.3 is 10.2 Å². The zero-order chi connectivity index (χ0) is 9.35. The van der Waals surface area contributed by atoms with Gasteiger partial charge in [0, 0.05) is 24.1 Å². The first-order chi connectivity index (χ1) is 5.40. The minimum Gasteiger partial charge on any atom is -0.494 e. The van der Waals surface area contributed by atoms with E-state index in [1.54, 1.807) is 0 Å². The molecule has 0 aromatic carbocycles. The Morgan fingerprint density at radius 3 is 1.92 bits per heavy atom. The molecule has 1 rings (SSSR count). The molecule has 0 unspecified atom stereocenters. The van der Waals surface area contributed by atoms with Gasteiger partial charge in [-0.25, -0.2) is 3.97 Å². The van der Waals surface area contributed by atoms with Crippen LogP contribution in [0.3, 0.4) is 0 Å². The maximum Gasteiger partial charge on any atom is 0.256 e. The molecule has 0 atom stereocenters. The zero-order valence-electron chi connectivity index (χ0n) is 5.54. The molecule has 0 amide bonds. The van der Waals surface area contributed by atoms with Crippen molar-refractivity contribution in [3.05, 3.63) is 12.1 Å². The summed E-state index contributed by atoms with van der Waals surface area (Å²) < 4.78 is -0.610. The van der Waals surface area contributed by atoms with E-state index in [0.717, 1.165) is 3.97 Å². The van der Waals surface area contributed by atoms with Crippen LogP contribution in [0.4, 0.5) is 0 Å².